The maximum atomic E-state index is 12.9. The highest BCUT2D eigenvalue weighted by atomic mass is 32.2. The zero-order valence-corrected chi connectivity index (χ0v) is 16.9. The summed E-state index contributed by atoms with van der Waals surface area (Å²) in [4.78, 5) is 28.7. The molecule has 0 spiro atoms. The number of H-pyrrole nitrogens is 1. The average molecular weight is 399 g/mol. The summed E-state index contributed by atoms with van der Waals surface area (Å²) >= 11 is 0. The Labute approximate surface area is 163 Å². The number of ether oxygens (including phenoxy) is 1. The topological polar surface area (TPSA) is 93.3 Å². The minimum atomic E-state index is -3.46. The van der Waals surface area contributed by atoms with Crippen LogP contribution >= 0.6 is 0 Å². The van der Waals surface area contributed by atoms with Gasteiger partial charge < -0.3 is 9.72 Å². The third-order valence-electron chi connectivity index (χ3n) is 4.65. The van der Waals surface area contributed by atoms with Crippen molar-refractivity contribution in [2.24, 2.45) is 0 Å². The van der Waals surface area contributed by atoms with Crippen LogP contribution < -0.4 is 0 Å². The molecule has 0 unspecified atom stereocenters. The molecule has 0 aliphatic carbocycles. The predicted molar refractivity (Wildman–Crippen MR) is 107 cm³/mol. The summed E-state index contributed by atoms with van der Waals surface area (Å²) in [7, 11) is -3.46. The van der Waals surface area contributed by atoms with Crippen molar-refractivity contribution in [3.8, 4) is 0 Å². The SMILES string of the molecule is Cc1ccc(S(C)(=O)=O)cc1C(=O)O[C@H](C)C(=O)c1c(C)[nH]c2ccccc12. The van der Waals surface area contributed by atoms with E-state index < -0.39 is 21.9 Å². The van der Waals surface area contributed by atoms with Crippen molar-refractivity contribution in [3.05, 3.63) is 64.8 Å². The fourth-order valence-electron chi connectivity index (χ4n) is 3.13. The van der Waals surface area contributed by atoms with Crippen LogP contribution in [0, 0.1) is 13.8 Å². The van der Waals surface area contributed by atoms with Crippen LogP contribution in [0.25, 0.3) is 10.9 Å². The molecule has 28 heavy (non-hydrogen) atoms. The Morgan fingerprint density at radius 2 is 1.75 bits per heavy atom. The monoisotopic (exact) mass is 399 g/mol. The Kier molecular flexibility index (Phi) is 5.12. The Morgan fingerprint density at radius 1 is 1.07 bits per heavy atom. The molecule has 1 N–H and O–H groups in total. The van der Waals surface area contributed by atoms with Crippen molar-refractivity contribution in [1.29, 1.82) is 0 Å². The molecule has 0 radical (unpaired) electrons. The summed E-state index contributed by atoms with van der Waals surface area (Å²) in [6, 6.07) is 11.7. The number of Topliss-reactive ketones (excluding diaryl/α,β-unsaturated/α-hetero) is 1. The van der Waals surface area contributed by atoms with Crippen LogP contribution in [0.3, 0.4) is 0 Å². The minimum Gasteiger partial charge on any atom is -0.451 e. The van der Waals surface area contributed by atoms with E-state index in [1.54, 1.807) is 19.9 Å². The molecule has 1 heterocycles. The lowest BCUT2D eigenvalue weighted by Gasteiger charge is -2.14. The fraction of sp³-hybridized carbons (Fsp3) is 0.238. The van der Waals surface area contributed by atoms with Gasteiger partial charge in [0.2, 0.25) is 5.78 Å². The average Bonchev–Trinajstić information content (AvgIpc) is 2.95. The highest BCUT2D eigenvalue weighted by Crippen LogP contribution is 2.24. The molecule has 0 saturated carbocycles. The Balaban J connectivity index is 1.88. The van der Waals surface area contributed by atoms with Gasteiger partial charge in [-0.1, -0.05) is 24.3 Å². The van der Waals surface area contributed by atoms with E-state index in [0.717, 1.165) is 17.2 Å². The van der Waals surface area contributed by atoms with Gasteiger partial charge in [0.1, 0.15) is 0 Å². The number of aromatic amines is 1. The molecule has 0 amide bonds. The van der Waals surface area contributed by atoms with Crippen LogP contribution in [0.15, 0.2) is 47.4 Å². The lowest BCUT2D eigenvalue weighted by atomic mass is 10.0. The second-order valence-corrected chi connectivity index (χ2v) is 8.85. The number of nitrogens with one attached hydrogen (secondary N) is 1. The first-order valence-corrected chi connectivity index (χ1v) is 10.6. The van der Waals surface area contributed by atoms with Crippen molar-refractivity contribution in [3.63, 3.8) is 0 Å². The number of rotatable bonds is 5. The second kappa shape index (κ2) is 7.24. The highest BCUT2D eigenvalue weighted by Gasteiger charge is 2.26. The molecule has 1 atom stereocenters. The Bertz CT molecular complexity index is 1190. The van der Waals surface area contributed by atoms with Crippen molar-refractivity contribution in [2.75, 3.05) is 6.26 Å². The molecule has 6 nitrogen and oxygen atoms in total. The fourth-order valence-corrected chi connectivity index (χ4v) is 3.77. The van der Waals surface area contributed by atoms with Crippen molar-refractivity contribution < 1.29 is 22.7 Å². The first kappa shape index (κ1) is 19.8. The van der Waals surface area contributed by atoms with E-state index in [4.69, 9.17) is 4.74 Å². The van der Waals surface area contributed by atoms with Gasteiger partial charge in [-0.3, -0.25) is 4.79 Å². The van der Waals surface area contributed by atoms with Crippen LogP contribution in [0.2, 0.25) is 0 Å². The minimum absolute atomic E-state index is 0.0245. The number of hydrogen-bond donors (Lipinski definition) is 1. The molecule has 0 fully saturated rings. The molecule has 3 aromatic rings. The number of aryl methyl sites for hydroxylation is 2. The highest BCUT2D eigenvalue weighted by molar-refractivity contribution is 7.90. The van der Waals surface area contributed by atoms with Gasteiger partial charge in [-0.25, -0.2) is 13.2 Å². The number of sulfone groups is 1. The maximum absolute atomic E-state index is 12.9. The second-order valence-electron chi connectivity index (χ2n) is 6.83. The number of hydrogen-bond acceptors (Lipinski definition) is 5. The largest absolute Gasteiger partial charge is 0.451 e. The quantitative estimate of drug-likeness (QED) is 0.522. The molecule has 3 rings (SSSR count). The van der Waals surface area contributed by atoms with Crippen molar-refractivity contribution >= 4 is 32.5 Å². The number of fused-ring (bicyclic) bond motifs is 1. The number of carbonyl (C=O) groups excluding carboxylic acids is 2. The van der Waals surface area contributed by atoms with Gasteiger partial charge in [0, 0.05) is 28.4 Å². The van der Waals surface area contributed by atoms with Crippen LogP contribution in [0.1, 0.15) is 38.9 Å². The number of carbonyl (C=O) groups is 2. The lowest BCUT2D eigenvalue weighted by Crippen LogP contribution is -2.25. The first-order chi connectivity index (χ1) is 13.1. The van der Waals surface area contributed by atoms with E-state index in [-0.39, 0.29) is 16.2 Å². The summed E-state index contributed by atoms with van der Waals surface area (Å²) < 4.78 is 28.9. The molecule has 146 valence electrons. The summed E-state index contributed by atoms with van der Waals surface area (Å²) in [5, 5.41) is 0.767. The smallest absolute Gasteiger partial charge is 0.339 e. The van der Waals surface area contributed by atoms with Gasteiger partial charge in [-0.05, 0) is 44.5 Å². The first-order valence-electron chi connectivity index (χ1n) is 8.73. The van der Waals surface area contributed by atoms with Crippen molar-refractivity contribution in [1.82, 2.24) is 4.98 Å². The summed E-state index contributed by atoms with van der Waals surface area (Å²) in [6.07, 6.45) is 0.0466. The number of para-hydroxylation sites is 1. The van der Waals surface area contributed by atoms with E-state index in [1.165, 1.54) is 19.1 Å². The number of benzene rings is 2. The van der Waals surface area contributed by atoms with Crippen LogP contribution in [0.5, 0.6) is 0 Å². The van der Waals surface area contributed by atoms with Crippen LogP contribution in [-0.4, -0.2) is 37.5 Å². The molecule has 7 heteroatoms. The van der Waals surface area contributed by atoms with Gasteiger partial charge in [0.15, 0.2) is 15.9 Å². The lowest BCUT2D eigenvalue weighted by molar-refractivity contribution is 0.0318. The standard InChI is InChI=1S/C21H21NO5S/c1-12-9-10-15(28(4,25)26)11-17(12)21(24)27-14(3)20(23)19-13(2)22-18-8-6-5-7-16(18)19/h5-11,14,22H,1-4H3/t14-/m1/s1. The molecule has 2 aromatic carbocycles. The van der Waals surface area contributed by atoms with Gasteiger partial charge in [-0.15, -0.1) is 0 Å². The third-order valence-corrected chi connectivity index (χ3v) is 5.76. The van der Waals surface area contributed by atoms with Gasteiger partial charge >= 0.3 is 5.97 Å². The summed E-state index contributed by atoms with van der Waals surface area (Å²) in [6.45, 7) is 4.98. The van der Waals surface area contributed by atoms with E-state index >= 15 is 0 Å². The predicted octanol–water partition coefficient (Wildman–Crippen LogP) is 3.62. The van der Waals surface area contributed by atoms with E-state index in [9.17, 15) is 18.0 Å². The summed E-state index contributed by atoms with van der Waals surface area (Å²) in [5.74, 6) is -1.05. The molecule has 1 aromatic heterocycles. The number of aromatic nitrogens is 1. The van der Waals surface area contributed by atoms with Crippen LogP contribution in [0.4, 0.5) is 0 Å². The third kappa shape index (κ3) is 3.71. The molecule has 0 aliphatic heterocycles. The molecule has 0 bridgehead atoms. The van der Waals surface area contributed by atoms with Gasteiger partial charge in [-0.2, -0.15) is 0 Å². The molecular formula is C21H21NO5S. The molecule has 0 aliphatic rings. The Hall–Kier alpha value is -2.93. The molecular weight excluding hydrogens is 378 g/mol. The van der Waals surface area contributed by atoms with Gasteiger partial charge in [0.05, 0.1) is 10.5 Å². The number of esters is 1. The van der Waals surface area contributed by atoms with E-state index in [2.05, 4.69) is 4.98 Å². The number of ketones is 1. The zero-order chi connectivity index (χ0) is 20.6. The van der Waals surface area contributed by atoms with E-state index in [0.29, 0.717) is 16.8 Å². The van der Waals surface area contributed by atoms with Crippen LogP contribution in [-0.2, 0) is 14.6 Å². The Morgan fingerprint density at radius 3 is 2.43 bits per heavy atom. The van der Waals surface area contributed by atoms with Crippen molar-refractivity contribution in [2.45, 2.75) is 31.8 Å². The zero-order valence-electron chi connectivity index (χ0n) is 16.1. The molecule has 0 saturated heterocycles. The van der Waals surface area contributed by atoms with Gasteiger partial charge in [0.25, 0.3) is 0 Å². The summed E-state index contributed by atoms with van der Waals surface area (Å²) in [5.41, 5.74) is 2.71. The maximum Gasteiger partial charge on any atom is 0.339 e. The normalized spacial score (nSPS) is 12.7. The van der Waals surface area contributed by atoms with E-state index in [1.807, 2.05) is 24.3 Å².